The first-order valence-corrected chi connectivity index (χ1v) is 8.13. The number of benzene rings is 1. The van der Waals surface area contributed by atoms with Crippen molar-refractivity contribution >= 4 is 23.8 Å². The Hall–Kier alpha value is -2.94. The van der Waals surface area contributed by atoms with Gasteiger partial charge in [-0.05, 0) is 17.7 Å². The zero-order chi connectivity index (χ0) is 19.9. The number of nitrogens with zero attached hydrogens (tertiary/aromatic N) is 1. The van der Waals surface area contributed by atoms with E-state index in [1.807, 2.05) is 0 Å². The Morgan fingerprint density at radius 3 is 2.04 bits per heavy atom. The van der Waals surface area contributed by atoms with E-state index in [0.717, 1.165) is 19.1 Å². The number of carbonyl (C=O) groups excluding carboxylic acids is 4. The fourth-order valence-corrected chi connectivity index (χ4v) is 3.72. The highest BCUT2D eigenvalue weighted by molar-refractivity contribution is 6.15. The van der Waals surface area contributed by atoms with Crippen molar-refractivity contribution in [2.75, 3.05) is 28.4 Å². The Bertz CT molecular complexity index is 786. The molecular formula is C18H19NO8. The number of hydrogen-bond acceptors (Lipinski definition) is 8. The van der Waals surface area contributed by atoms with Crippen LogP contribution in [0.1, 0.15) is 11.7 Å². The van der Waals surface area contributed by atoms with Gasteiger partial charge < -0.3 is 18.9 Å². The number of likely N-dealkylation sites (tertiary alicyclic amines) is 1. The number of rotatable bonds is 4. The number of amides is 2. The van der Waals surface area contributed by atoms with Crippen LogP contribution in [0.3, 0.4) is 0 Å². The van der Waals surface area contributed by atoms with Crippen LogP contribution in [0.15, 0.2) is 24.3 Å². The molecule has 2 heterocycles. The van der Waals surface area contributed by atoms with Crippen LogP contribution in [0.5, 0.6) is 5.75 Å². The average Bonchev–Trinajstić information content (AvgIpc) is 3.17. The van der Waals surface area contributed by atoms with Gasteiger partial charge in [-0.25, -0.2) is 9.59 Å². The third kappa shape index (κ3) is 2.49. The molecule has 2 fully saturated rings. The van der Waals surface area contributed by atoms with Crippen molar-refractivity contribution in [1.29, 1.82) is 0 Å². The minimum Gasteiger partial charge on any atom is -0.497 e. The lowest BCUT2D eigenvalue weighted by atomic mass is 9.79. The van der Waals surface area contributed by atoms with Crippen molar-refractivity contribution in [3.05, 3.63) is 29.8 Å². The Morgan fingerprint density at radius 2 is 1.56 bits per heavy atom. The maximum absolute atomic E-state index is 12.7. The van der Waals surface area contributed by atoms with Crippen LogP contribution < -0.4 is 4.74 Å². The molecule has 0 spiro atoms. The molecule has 2 aliphatic rings. The van der Waals surface area contributed by atoms with Crippen LogP contribution >= 0.6 is 0 Å². The number of imide groups is 1. The van der Waals surface area contributed by atoms with Gasteiger partial charge in [0.2, 0.25) is 11.8 Å². The van der Waals surface area contributed by atoms with Gasteiger partial charge in [0.15, 0.2) is 0 Å². The third-order valence-electron chi connectivity index (χ3n) is 5.07. The molecule has 144 valence electrons. The Morgan fingerprint density at radius 1 is 1.00 bits per heavy atom. The lowest BCUT2D eigenvalue weighted by molar-refractivity contribution is -0.192. The van der Waals surface area contributed by atoms with Crippen molar-refractivity contribution in [3.63, 3.8) is 0 Å². The van der Waals surface area contributed by atoms with Crippen LogP contribution in [0, 0.1) is 11.8 Å². The van der Waals surface area contributed by atoms with E-state index in [-0.39, 0.29) is 0 Å². The molecule has 3 atom stereocenters. The van der Waals surface area contributed by atoms with E-state index in [1.165, 1.54) is 14.2 Å². The van der Waals surface area contributed by atoms with Gasteiger partial charge in [-0.15, -0.1) is 0 Å². The molecule has 2 aliphatic heterocycles. The molecule has 0 aliphatic carbocycles. The zero-order valence-electron chi connectivity index (χ0n) is 15.3. The number of methoxy groups -OCH3 is 3. The molecule has 9 heteroatoms. The molecule has 2 amide bonds. The van der Waals surface area contributed by atoms with E-state index in [1.54, 1.807) is 24.3 Å². The fourth-order valence-electron chi connectivity index (χ4n) is 3.72. The molecule has 1 aromatic carbocycles. The van der Waals surface area contributed by atoms with Crippen LogP contribution in [-0.2, 0) is 33.4 Å². The smallest absolute Gasteiger partial charge is 0.350 e. The molecule has 0 unspecified atom stereocenters. The molecule has 1 aromatic rings. The first kappa shape index (κ1) is 18.8. The SMILES string of the molecule is COC(=O)C1(C(=O)OC)O[C@@H](c2ccc(OC)cc2)[C@H]2C(=O)N(C)C(=O)[C@H]21. The van der Waals surface area contributed by atoms with Gasteiger partial charge in [-0.2, -0.15) is 0 Å². The minimum atomic E-state index is -2.35. The summed E-state index contributed by atoms with van der Waals surface area (Å²) in [6.07, 6.45) is -1.01. The van der Waals surface area contributed by atoms with E-state index < -0.39 is 47.3 Å². The fraction of sp³-hybridized carbons (Fsp3) is 0.444. The average molecular weight is 377 g/mol. The van der Waals surface area contributed by atoms with Gasteiger partial charge in [0.25, 0.3) is 5.60 Å². The number of fused-ring (bicyclic) bond motifs is 1. The monoisotopic (exact) mass is 377 g/mol. The third-order valence-corrected chi connectivity index (χ3v) is 5.07. The molecule has 3 rings (SSSR count). The highest BCUT2D eigenvalue weighted by Crippen LogP contribution is 2.53. The second-order valence-electron chi connectivity index (χ2n) is 6.27. The molecule has 0 saturated carbocycles. The zero-order valence-corrected chi connectivity index (χ0v) is 15.3. The number of esters is 2. The predicted octanol–water partition coefficient (Wildman–Crippen LogP) is 0.0823. The van der Waals surface area contributed by atoms with Crippen LogP contribution in [0.4, 0.5) is 0 Å². The topological polar surface area (TPSA) is 108 Å². The summed E-state index contributed by atoms with van der Waals surface area (Å²) in [6, 6.07) is 6.58. The van der Waals surface area contributed by atoms with Gasteiger partial charge in [0, 0.05) is 7.05 Å². The van der Waals surface area contributed by atoms with Gasteiger partial charge in [0.05, 0.1) is 33.4 Å². The largest absolute Gasteiger partial charge is 0.497 e. The van der Waals surface area contributed by atoms with Crippen molar-refractivity contribution in [1.82, 2.24) is 4.90 Å². The lowest BCUT2D eigenvalue weighted by Crippen LogP contribution is -2.55. The van der Waals surface area contributed by atoms with Crippen LogP contribution in [0.25, 0.3) is 0 Å². The molecule has 0 aromatic heterocycles. The molecule has 9 nitrogen and oxygen atoms in total. The lowest BCUT2D eigenvalue weighted by Gasteiger charge is -2.28. The van der Waals surface area contributed by atoms with E-state index in [4.69, 9.17) is 18.9 Å². The normalized spacial score (nSPS) is 25.9. The summed E-state index contributed by atoms with van der Waals surface area (Å²) in [5.74, 6) is -5.27. The summed E-state index contributed by atoms with van der Waals surface area (Å²) in [5.41, 5.74) is -1.84. The predicted molar refractivity (Wildman–Crippen MR) is 88.3 cm³/mol. The number of carbonyl (C=O) groups is 4. The van der Waals surface area contributed by atoms with Crippen molar-refractivity contribution < 1.29 is 38.1 Å². The van der Waals surface area contributed by atoms with Gasteiger partial charge in [0.1, 0.15) is 11.7 Å². The number of hydrogen-bond donors (Lipinski definition) is 0. The quantitative estimate of drug-likeness (QED) is 0.412. The molecular weight excluding hydrogens is 358 g/mol. The highest BCUT2D eigenvalue weighted by Gasteiger charge is 2.74. The van der Waals surface area contributed by atoms with E-state index in [9.17, 15) is 19.2 Å². The van der Waals surface area contributed by atoms with Gasteiger partial charge >= 0.3 is 11.9 Å². The highest BCUT2D eigenvalue weighted by atomic mass is 16.6. The molecule has 0 bridgehead atoms. The Balaban J connectivity index is 2.16. The summed E-state index contributed by atoms with van der Waals surface area (Å²) in [7, 11) is 4.94. The standard InChI is InChI=1S/C18H19NO8/c1-19-14(20)11-12(15(19)21)18(16(22)25-3,17(23)26-4)27-13(11)9-5-7-10(24-2)8-6-9/h5-8,11-13H,1-4H3/t11-,12-,13-/m0/s1. The summed E-state index contributed by atoms with van der Waals surface area (Å²) < 4.78 is 20.4. The van der Waals surface area contributed by atoms with E-state index >= 15 is 0 Å². The molecule has 2 saturated heterocycles. The molecule has 0 radical (unpaired) electrons. The second kappa shape index (κ2) is 6.66. The summed E-state index contributed by atoms with van der Waals surface area (Å²) in [5, 5.41) is 0. The Labute approximate surface area is 155 Å². The van der Waals surface area contributed by atoms with Gasteiger partial charge in [-0.3, -0.25) is 14.5 Å². The second-order valence-corrected chi connectivity index (χ2v) is 6.27. The van der Waals surface area contributed by atoms with E-state index in [2.05, 4.69) is 0 Å². The van der Waals surface area contributed by atoms with Crippen molar-refractivity contribution in [2.24, 2.45) is 11.8 Å². The van der Waals surface area contributed by atoms with Crippen LogP contribution in [0.2, 0.25) is 0 Å². The van der Waals surface area contributed by atoms with Gasteiger partial charge in [-0.1, -0.05) is 12.1 Å². The minimum absolute atomic E-state index is 0.511. The summed E-state index contributed by atoms with van der Waals surface area (Å²) in [6.45, 7) is 0. The summed E-state index contributed by atoms with van der Waals surface area (Å²) >= 11 is 0. The first-order chi connectivity index (χ1) is 12.8. The molecule has 0 N–H and O–H groups in total. The molecule has 27 heavy (non-hydrogen) atoms. The van der Waals surface area contributed by atoms with E-state index in [0.29, 0.717) is 11.3 Å². The van der Waals surface area contributed by atoms with Crippen molar-refractivity contribution in [2.45, 2.75) is 11.7 Å². The van der Waals surface area contributed by atoms with Crippen molar-refractivity contribution in [3.8, 4) is 5.75 Å². The Kier molecular flexibility index (Phi) is 4.64. The maximum Gasteiger partial charge on any atom is 0.350 e. The summed E-state index contributed by atoms with van der Waals surface area (Å²) in [4.78, 5) is 51.5. The maximum atomic E-state index is 12.7. The van der Waals surface area contributed by atoms with Crippen LogP contribution in [-0.4, -0.2) is 62.6 Å². The number of ether oxygens (including phenoxy) is 4. The first-order valence-electron chi connectivity index (χ1n) is 8.13.